The van der Waals surface area contributed by atoms with Crippen LogP contribution in [-0.2, 0) is 9.53 Å². The molecule has 0 saturated heterocycles. The Morgan fingerprint density at radius 1 is 1.10 bits per heavy atom. The predicted molar refractivity (Wildman–Crippen MR) is 110 cm³/mol. The molecule has 1 unspecified atom stereocenters. The van der Waals surface area contributed by atoms with Crippen molar-refractivity contribution in [1.82, 2.24) is 15.1 Å². The molecule has 3 heterocycles. The van der Waals surface area contributed by atoms with Gasteiger partial charge >= 0.3 is 5.97 Å². The van der Waals surface area contributed by atoms with Crippen molar-refractivity contribution in [3.05, 3.63) is 72.2 Å². The summed E-state index contributed by atoms with van der Waals surface area (Å²) in [6, 6.07) is 14.1. The molecule has 3 aromatic heterocycles. The van der Waals surface area contributed by atoms with Crippen molar-refractivity contribution >= 4 is 28.6 Å². The number of fused-ring (bicyclic) bond motifs is 1. The van der Waals surface area contributed by atoms with Gasteiger partial charge in [-0.2, -0.15) is 0 Å². The Hall–Kier alpha value is -4.07. The second kappa shape index (κ2) is 8.12. The standard InChI is InChI=1S/C22H18N4O4/c1-13-11-20(26-30-13)25-21(27)14(2)29-22(28)17-12-19(15-7-9-23-10-8-15)24-18-6-4-3-5-16(17)18/h3-12,14H,1-2H3,(H,25,26,27). The van der Waals surface area contributed by atoms with Gasteiger partial charge in [0.1, 0.15) is 5.76 Å². The zero-order valence-electron chi connectivity index (χ0n) is 16.3. The fourth-order valence-electron chi connectivity index (χ4n) is 2.95. The van der Waals surface area contributed by atoms with E-state index in [9.17, 15) is 9.59 Å². The van der Waals surface area contributed by atoms with Gasteiger partial charge in [0.05, 0.1) is 16.8 Å². The minimum absolute atomic E-state index is 0.259. The van der Waals surface area contributed by atoms with E-state index >= 15 is 0 Å². The van der Waals surface area contributed by atoms with Gasteiger partial charge < -0.3 is 14.6 Å². The fourth-order valence-corrected chi connectivity index (χ4v) is 2.95. The van der Waals surface area contributed by atoms with Gasteiger partial charge in [-0.25, -0.2) is 9.78 Å². The molecule has 0 aliphatic heterocycles. The lowest BCUT2D eigenvalue weighted by Crippen LogP contribution is -2.30. The molecule has 30 heavy (non-hydrogen) atoms. The molecule has 8 nitrogen and oxygen atoms in total. The number of amides is 1. The van der Waals surface area contributed by atoms with Gasteiger partial charge in [0, 0.05) is 29.4 Å². The predicted octanol–water partition coefficient (Wildman–Crippen LogP) is 3.78. The maximum Gasteiger partial charge on any atom is 0.339 e. The number of aryl methyl sites for hydroxylation is 1. The Kier molecular flexibility index (Phi) is 5.21. The second-order valence-electron chi connectivity index (χ2n) is 6.67. The van der Waals surface area contributed by atoms with Gasteiger partial charge in [0.25, 0.3) is 5.91 Å². The second-order valence-corrected chi connectivity index (χ2v) is 6.67. The molecule has 0 fully saturated rings. The summed E-state index contributed by atoms with van der Waals surface area (Å²) in [5.74, 6) is -0.316. The van der Waals surface area contributed by atoms with Crippen molar-refractivity contribution in [2.24, 2.45) is 0 Å². The lowest BCUT2D eigenvalue weighted by molar-refractivity contribution is -0.123. The molecule has 4 rings (SSSR count). The van der Waals surface area contributed by atoms with Crippen molar-refractivity contribution < 1.29 is 18.8 Å². The third-order valence-electron chi connectivity index (χ3n) is 4.44. The first kappa shape index (κ1) is 19.3. The maximum atomic E-state index is 12.9. The van der Waals surface area contributed by atoms with E-state index in [1.807, 2.05) is 30.3 Å². The molecular formula is C22H18N4O4. The van der Waals surface area contributed by atoms with Crippen LogP contribution in [0.4, 0.5) is 5.82 Å². The van der Waals surface area contributed by atoms with Crippen molar-refractivity contribution in [3.8, 4) is 11.3 Å². The highest BCUT2D eigenvalue weighted by Gasteiger charge is 2.22. The number of hydrogen-bond acceptors (Lipinski definition) is 7. The summed E-state index contributed by atoms with van der Waals surface area (Å²) in [7, 11) is 0. The van der Waals surface area contributed by atoms with Crippen LogP contribution in [0.2, 0.25) is 0 Å². The highest BCUT2D eigenvalue weighted by molar-refractivity contribution is 6.05. The molecule has 0 saturated carbocycles. The molecule has 4 aromatic rings. The monoisotopic (exact) mass is 402 g/mol. The number of nitrogens with zero attached hydrogens (tertiary/aromatic N) is 3. The smallest absolute Gasteiger partial charge is 0.339 e. The zero-order valence-corrected chi connectivity index (χ0v) is 16.3. The topological polar surface area (TPSA) is 107 Å². The van der Waals surface area contributed by atoms with Crippen LogP contribution in [0.3, 0.4) is 0 Å². The van der Waals surface area contributed by atoms with Gasteiger partial charge in [-0.15, -0.1) is 0 Å². The molecule has 0 radical (unpaired) electrons. The Morgan fingerprint density at radius 2 is 1.87 bits per heavy atom. The molecule has 0 spiro atoms. The minimum Gasteiger partial charge on any atom is -0.449 e. The van der Waals surface area contributed by atoms with Gasteiger partial charge in [0.2, 0.25) is 0 Å². The summed E-state index contributed by atoms with van der Waals surface area (Å²) >= 11 is 0. The van der Waals surface area contributed by atoms with Gasteiger partial charge in [-0.3, -0.25) is 9.78 Å². The van der Waals surface area contributed by atoms with Crippen LogP contribution in [0.25, 0.3) is 22.2 Å². The van der Waals surface area contributed by atoms with Crippen LogP contribution in [0.15, 0.2) is 65.4 Å². The molecule has 1 atom stereocenters. The quantitative estimate of drug-likeness (QED) is 0.506. The van der Waals surface area contributed by atoms with Gasteiger partial charge in [-0.05, 0) is 38.1 Å². The highest BCUT2D eigenvalue weighted by atomic mass is 16.5. The summed E-state index contributed by atoms with van der Waals surface area (Å²) in [5.41, 5.74) is 2.40. The third-order valence-corrected chi connectivity index (χ3v) is 4.44. The maximum absolute atomic E-state index is 12.9. The van der Waals surface area contributed by atoms with Crippen molar-refractivity contribution in [2.45, 2.75) is 20.0 Å². The van der Waals surface area contributed by atoms with Gasteiger partial charge in [0.15, 0.2) is 11.9 Å². The van der Waals surface area contributed by atoms with Gasteiger partial charge in [-0.1, -0.05) is 23.4 Å². The van der Waals surface area contributed by atoms with Crippen molar-refractivity contribution in [1.29, 1.82) is 0 Å². The summed E-state index contributed by atoms with van der Waals surface area (Å²) in [6.07, 6.45) is 2.27. The van der Waals surface area contributed by atoms with Crippen LogP contribution in [0.5, 0.6) is 0 Å². The van der Waals surface area contributed by atoms with E-state index in [0.717, 1.165) is 5.56 Å². The van der Waals surface area contributed by atoms with E-state index in [4.69, 9.17) is 9.26 Å². The van der Waals surface area contributed by atoms with Crippen LogP contribution in [-0.4, -0.2) is 33.1 Å². The van der Waals surface area contributed by atoms with E-state index < -0.39 is 18.0 Å². The van der Waals surface area contributed by atoms with E-state index in [2.05, 4.69) is 20.4 Å². The van der Waals surface area contributed by atoms with Crippen LogP contribution < -0.4 is 5.32 Å². The first-order valence-electron chi connectivity index (χ1n) is 9.26. The summed E-state index contributed by atoms with van der Waals surface area (Å²) < 4.78 is 10.3. The number of esters is 1. The van der Waals surface area contributed by atoms with E-state index in [-0.39, 0.29) is 5.82 Å². The van der Waals surface area contributed by atoms with E-state index in [1.165, 1.54) is 6.92 Å². The molecule has 8 heteroatoms. The number of rotatable bonds is 5. The number of nitrogens with one attached hydrogen (secondary N) is 1. The number of pyridine rings is 2. The summed E-state index contributed by atoms with van der Waals surface area (Å²) in [6.45, 7) is 3.20. The minimum atomic E-state index is -1.04. The molecule has 0 bridgehead atoms. The number of ether oxygens (including phenoxy) is 1. The number of benzene rings is 1. The number of carbonyl (C=O) groups is 2. The lowest BCUT2D eigenvalue weighted by Gasteiger charge is -2.14. The summed E-state index contributed by atoms with van der Waals surface area (Å²) in [4.78, 5) is 33.9. The molecular weight excluding hydrogens is 384 g/mol. The Balaban J connectivity index is 1.61. The van der Waals surface area contributed by atoms with Crippen LogP contribution in [0.1, 0.15) is 23.0 Å². The number of para-hydroxylation sites is 1. The van der Waals surface area contributed by atoms with Crippen molar-refractivity contribution in [2.75, 3.05) is 5.32 Å². The summed E-state index contributed by atoms with van der Waals surface area (Å²) in [5, 5.41) is 6.89. The number of carbonyl (C=O) groups excluding carboxylic acids is 2. The van der Waals surface area contributed by atoms with E-state index in [1.54, 1.807) is 37.5 Å². The Labute approximate surface area is 171 Å². The first-order chi connectivity index (χ1) is 14.5. The molecule has 0 aliphatic carbocycles. The van der Waals surface area contributed by atoms with Crippen LogP contribution >= 0.6 is 0 Å². The zero-order chi connectivity index (χ0) is 21.1. The molecule has 150 valence electrons. The average molecular weight is 402 g/mol. The lowest BCUT2D eigenvalue weighted by atomic mass is 10.0. The molecule has 1 amide bonds. The first-order valence-corrected chi connectivity index (χ1v) is 9.26. The highest BCUT2D eigenvalue weighted by Crippen LogP contribution is 2.25. The Bertz CT molecular complexity index is 1220. The molecule has 0 aliphatic rings. The molecule has 1 N–H and O–H groups in total. The average Bonchev–Trinajstić information content (AvgIpc) is 3.17. The number of hydrogen-bond donors (Lipinski definition) is 1. The normalized spacial score (nSPS) is 11.8. The fraction of sp³-hybridized carbons (Fsp3) is 0.136. The largest absolute Gasteiger partial charge is 0.449 e. The molecule has 1 aromatic carbocycles. The van der Waals surface area contributed by atoms with Crippen molar-refractivity contribution in [3.63, 3.8) is 0 Å². The van der Waals surface area contributed by atoms with Crippen LogP contribution in [0, 0.1) is 6.92 Å². The Morgan fingerprint density at radius 3 is 2.60 bits per heavy atom. The third kappa shape index (κ3) is 4.02. The van der Waals surface area contributed by atoms with E-state index in [0.29, 0.717) is 27.9 Å². The SMILES string of the molecule is Cc1cc(NC(=O)C(C)OC(=O)c2cc(-c3ccncc3)nc3ccccc23)no1. The number of aromatic nitrogens is 3. The number of anilines is 1.